The standard InChI is InChI=1S/C14H21ClN4O/c1-4-16-13-8-10(7-12(15)17-13)14(20)19-6-5-11(9-19)18(2)3/h7-8,11H,4-6,9H2,1-3H3,(H,16,17). The number of aromatic nitrogens is 1. The lowest BCUT2D eigenvalue weighted by Gasteiger charge is -2.20. The van der Waals surface area contributed by atoms with Gasteiger partial charge in [-0.2, -0.15) is 0 Å². The highest BCUT2D eigenvalue weighted by Crippen LogP contribution is 2.20. The van der Waals surface area contributed by atoms with Crippen molar-refractivity contribution in [3.63, 3.8) is 0 Å². The first-order valence-electron chi connectivity index (χ1n) is 6.88. The fourth-order valence-corrected chi connectivity index (χ4v) is 2.63. The molecule has 0 bridgehead atoms. The number of nitrogens with zero attached hydrogens (tertiary/aromatic N) is 3. The van der Waals surface area contributed by atoms with Crippen LogP contribution in [0.1, 0.15) is 23.7 Å². The molecule has 2 rings (SSSR count). The lowest BCUT2D eigenvalue weighted by atomic mass is 10.2. The maximum absolute atomic E-state index is 12.5. The highest BCUT2D eigenvalue weighted by atomic mass is 35.5. The van der Waals surface area contributed by atoms with Crippen LogP contribution in [0.5, 0.6) is 0 Å². The van der Waals surface area contributed by atoms with Gasteiger partial charge in [-0.15, -0.1) is 0 Å². The molecule has 0 radical (unpaired) electrons. The molecule has 6 heteroatoms. The maximum Gasteiger partial charge on any atom is 0.254 e. The minimum atomic E-state index is 0.0257. The molecule has 1 atom stereocenters. The van der Waals surface area contributed by atoms with Crippen LogP contribution in [-0.2, 0) is 0 Å². The zero-order valence-electron chi connectivity index (χ0n) is 12.2. The van der Waals surface area contributed by atoms with E-state index in [1.807, 2.05) is 25.9 Å². The van der Waals surface area contributed by atoms with Crippen molar-refractivity contribution in [2.45, 2.75) is 19.4 Å². The van der Waals surface area contributed by atoms with Gasteiger partial charge in [0.05, 0.1) is 0 Å². The molecule has 1 aliphatic heterocycles. The van der Waals surface area contributed by atoms with Crippen molar-refractivity contribution in [2.75, 3.05) is 39.0 Å². The number of anilines is 1. The Hall–Kier alpha value is -1.33. The van der Waals surface area contributed by atoms with Gasteiger partial charge in [-0.1, -0.05) is 11.6 Å². The summed E-state index contributed by atoms with van der Waals surface area (Å²) >= 11 is 5.99. The Labute approximate surface area is 124 Å². The Bertz CT molecular complexity index is 492. The van der Waals surface area contributed by atoms with Crippen LogP contribution in [-0.4, -0.2) is 60.5 Å². The first-order chi connectivity index (χ1) is 9.51. The van der Waals surface area contributed by atoms with Crippen LogP contribution in [0.3, 0.4) is 0 Å². The molecular weight excluding hydrogens is 276 g/mol. The van der Waals surface area contributed by atoms with Gasteiger partial charge in [0, 0.05) is 31.2 Å². The molecule has 110 valence electrons. The number of likely N-dealkylation sites (tertiary alicyclic amines) is 1. The summed E-state index contributed by atoms with van der Waals surface area (Å²) in [6.45, 7) is 4.28. The van der Waals surface area contributed by atoms with Gasteiger partial charge in [-0.3, -0.25) is 4.79 Å². The van der Waals surface area contributed by atoms with E-state index in [1.165, 1.54) is 0 Å². The summed E-state index contributed by atoms with van der Waals surface area (Å²) in [5.74, 6) is 0.671. The third-order valence-electron chi connectivity index (χ3n) is 3.58. The minimum absolute atomic E-state index is 0.0257. The quantitative estimate of drug-likeness (QED) is 0.863. The van der Waals surface area contributed by atoms with E-state index >= 15 is 0 Å². The Balaban J connectivity index is 2.13. The number of hydrogen-bond acceptors (Lipinski definition) is 4. The van der Waals surface area contributed by atoms with E-state index in [2.05, 4.69) is 15.2 Å². The predicted octanol–water partition coefficient (Wildman–Crippen LogP) is 1.94. The van der Waals surface area contributed by atoms with Gasteiger partial charge in [0.15, 0.2) is 0 Å². The Morgan fingerprint density at radius 2 is 2.30 bits per heavy atom. The topological polar surface area (TPSA) is 48.5 Å². The Morgan fingerprint density at radius 3 is 2.90 bits per heavy atom. The van der Waals surface area contributed by atoms with Crippen molar-refractivity contribution in [3.8, 4) is 0 Å². The number of pyridine rings is 1. The van der Waals surface area contributed by atoms with E-state index in [1.54, 1.807) is 12.1 Å². The number of rotatable bonds is 4. The van der Waals surface area contributed by atoms with Crippen molar-refractivity contribution in [1.82, 2.24) is 14.8 Å². The highest BCUT2D eigenvalue weighted by Gasteiger charge is 2.28. The van der Waals surface area contributed by atoms with E-state index in [-0.39, 0.29) is 5.91 Å². The van der Waals surface area contributed by atoms with Crippen LogP contribution >= 0.6 is 11.6 Å². The zero-order chi connectivity index (χ0) is 14.7. The second kappa shape index (κ2) is 6.41. The summed E-state index contributed by atoms with van der Waals surface area (Å²) < 4.78 is 0. The van der Waals surface area contributed by atoms with Gasteiger partial charge in [-0.25, -0.2) is 4.98 Å². The zero-order valence-corrected chi connectivity index (χ0v) is 12.9. The third kappa shape index (κ3) is 3.41. The second-order valence-electron chi connectivity index (χ2n) is 5.25. The molecule has 0 aromatic carbocycles. The fraction of sp³-hybridized carbons (Fsp3) is 0.571. The molecule has 1 aromatic rings. The molecule has 1 unspecified atom stereocenters. The Morgan fingerprint density at radius 1 is 1.55 bits per heavy atom. The number of carbonyl (C=O) groups excluding carboxylic acids is 1. The van der Waals surface area contributed by atoms with Crippen LogP contribution in [0.4, 0.5) is 5.82 Å². The Kier molecular flexibility index (Phi) is 4.83. The monoisotopic (exact) mass is 296 g/mol. The van der Waals surface area contributed by atoms with E-state index in [0.29, 0.717) is 22.6 Å². The van der Waals surface area contributed by atoms with E-state index in [9.17, 15) is 4.79 Å². The molecule has 0 saturated carbocycles. The SMILES string of the molecule is CCNc1cc(C(=O)N2CCC(N(C)C)C2)cc(Cl)n1. The van der Waals surface area contributed by atoms with Crippen LogP contribution in [0.15, 0.2) is 12.1 Å². The molecule has 1 aliphatic rings. The molecule has 1 amide bonds. The fourth-order valence-electron chi connectivity index (χ4n) is 2.42. The van der Waals surface area contributed by atoms with Crippen LogP contribution < -0.4 is 5.32 Å². The number of halogens is 1. The third-order valence-corrected chi connectivity index (χ3v) is 3.77. The number of nitrogens with one attached hydrogen (secondary N) is 1. The molecule has 1 saturated heterocycles. The molecule has 2 heterocycles. The molecule has 1 aromatic heterocycles. The minimum Gasteiger partial charge on any atom is -0.370 e. The normalized spacial score (nSPS) is 18.6. The average molecular weight is 297 g/mol. The first kappa shape index (κ1) is 15.1. The van der Waals surface area contributed by atoms with E-state index < -0.39 is 0 Å². The van der Waals surface area contributed by atoms with Crippen molar-refractivity contribution in [2.24, 2.45) is 0 Å². The van der Waals surface area contributed by atoms with Crippen molar-refractivity contribution in [3.05, 3.63) is 22.8 Å². The smallest absolute Gasteiger partial charge is 0.254 e. The van der Waals surface area contributed by atoms with Crippen LogP contribution in [0.2, 0.25) is 5.15 Å². The number of likely N-dealkylation sites (N-methyl/N-ethyl adjacent to an activating group) is 1. The predicted molar refractivity (Wildman–Crippen MR) is 81.4 cm³/mol. The van der Waals surface area contributed by atoms with Crippen LogP contribution in [0, 0.1) is 0 Å². The highest BCUT2D eigenvalue weighted by molar-refractivity contribution is 6.29. The summed E-state index contributed by atoms with van der Waals surface area (Å²) in [6.07, 6.45) is 1.01. The van der Waals surface area contributed by atoms with E-state index in [0.717, 1.165) is 26.1 Å². The average Bonchev–Trinajstić information content (AvgIpc) is 2.87. The maximum atomic E-state index is 12.5. The molecule has 1 N–H and O–H groups in total. The molecule has 5 nitrogen and oxygen atoms in total. The van der Waals surface area contributed by atoms with Gasteiger partial charge in [0.1, 0.15) is 11.0 Å². The lowest BCUT2D eigenvalue weighted by Crippen LogP contribution is -2.34. The molecule has 0 spiro atoms. The van der Waals surface area contributed by atoms with Crippen LogP contribution in [0.25, 0.3) is 0 Å². The van der Waals surface area contributed by atoms with Gasteiger partial charge in [0.2, 0.25) is 0 Å². The van der Waals surface area contributed by atoms with Crippen molar-refractivity contribution < 1.29 is 4.79 Å². The van der Waals surface area contributed by atoms with Crippen molar-refractivity contribution in [1.29, 1.82) is 0 Å². The number of amides is 1. The summed E-state index contributed by atoms with van der Waals surface area (Å²) in [7, 11) is 4.09. The first-order valence-corrected chi connectivity index (χ1v) is 7.26. The summed E-state index contributed by atoms with van der Waals surface area (Å²) in [4.78, 5) is 20.7. The number of hydrogen-bond donors (Lipinski definition) is 1. The summed E-state index contributed by atoms with van der Waals surface area (Å²) in [5.41, 5.74) is 0.598. The van der Waals surface area contributed by atoms with E-state index in [4.69, 9.17) is 11.6 Å². The second-order valence-corrected chi connectivity index (χ2v) is 5.64. The van der Waals surface area contributed by atoms with Gasteiger partial charge < -0.3 is 15.1 Å². The van der Waals surface area contributed by atoms with Crippen molar-refractivity contribution >= 4 is 23.3 Å². The molecule has 1 fully saturated rings. The summed E-state index contributed by atoms with van der Waals surface area (Å²) in [6, 6.07) is 3.83. The van der Waals surface area contributed by atoms with Gasteiger partial charge in [0.25, 0.3) is 5.91 Å². The summed E-state index contributed by atoms with van der Waals surface area (Å²) in [5, 5.41) is 3.43. The molecule has 0 aliphatic carbocycles. The molecule has 20 heavy (non-hydrogen) atoms. The van der Waals surface area contributed by atoms with Gasteiger partial charge >= 0.3 is 0 Å². The van der Waals surface area contributed by atoms with Gasteiger partial charge in [-0.05, 0) is 39.6 Å². The molecular formula is C14H21ClN4O. The largest absolute Gasteiger partial charge is 0.370 e. The number of carbonyl (C=O) groups is 1. The lowest BCUT2D eigenvalue weighted by molar-refractivity contribution is 0.0783.